The van der Waals surface area contributed by atoms with Crippen molar-refractivity contribution < 1.29 is 23.7 Å². The van der Waals surface area contributed by atoms with Crippen LogP contribution in [-0.2, 0) is 23.7 Å². The molecular formula is C30H65N5O5. The highest BCUT2D eigenvalue weighted by molar-refractivity contribution is 4.60. The molecule has 0 atom stereocenters. The lowest BCUT2D eigenvalue weighted by molar-refractivity contribution is 0.0404. The molecule has 0 spiro atoms. The Morgan fingerprint density at radius 1 is 0.275 bits per heavy atom. The zero-order valence-corrected chi connectivity index (χ0v) is 27.0. The molecule has 0 N–H and O–H groups in total. The van der Waals surface area contributed by atoms with Gasteiger partial charge in [0.05, 0.1) is 66.1 Å². The highest BCUT2D eigenvalue weighted by Gasteiger charge is 2.08. The second kappa shape index (κ2) is 27.4. The first kappa shape index (κ1) is 37.6. The van der Waals surface area contributed by atoms with E-state index in [9.17, 15) is 0 Å². The van der Waals surface area contributed by atoms with Crippen LogP contribution in [0, 0.1) is 0 Å². The second-order valence-corrected chi connectivity index (χ2v) is 10.2. The van der Waals surface area contributed by atoms with Gasteiger partial charge in [-0.05, 0) is 32.7 Å². The van der Waals surface area contributed by atoms with Crippen molar-refractivity contribution in [3.63, 3.8) is 0 Å². The van der Waals surface area contributed by atoms with Crippen LogP contribution < -0.4 is 0 Å². The summed E-state index contributed by atoms with van der Waals surface area (Å²) in [7, 11) is 0. The van der Waals surface area contributed by atoms with Gasteiger partial charge in [-0.2, -0.15) is 0 Å². The molecule has 0 aromatic rings. The molecule has 0 amide bonds. The Balaban J connectivity index is 0.000000433. The molecule has 2 rings (SSSR count). The molecule has 240 valence electrons. The monoisotopic (exact) mass is 575 g/mol. The van der Waals surface area contributed by atoms with Crippen molar-refractivity contribution in [1.82, 2.24) is 24.5 Å². The molecule has 0 radical (unpaired) electrons. The predicted octanol–water partition coefficient (Wildman–Crippen LogP) is 1.69. The van der Waals surface area contributed by atoms with E-state index in [-0.39, 0.29) is 0 Å². The van der Waals surface area contributed by atoms with Crippen molar-refractivity contribution in [2.24, 2.45) is 0 Å². The summed E-state index contributed by atoms with van der Waals surface area (Å²) in [5, 5.41) is 0. The van der Waals surface area contributed by atoms with Gasteiger partial charge in [-0.3, -0.25) is 24.5 Å². The highest BCUT2D eigenvalue weighted by Crippen LogP contribution is 1.96. The fraction of sp³-hybridized carbons (Fsp3) is 1.00. The molecule has 0 aromatic heterocycles. The Hall–Kier alpha value is -0.400. The summed E-state index contributed by atoms with van der Waals surface area (Å²) in [4.78, 5) is 11.9. The number of nitrogens with zero attached hydrogens (tertiary/aromatic N) is 5. The van der Waals surface area contributed by atoms with E-state index in [1.807, 2.05) is 0 Å². The van der Waals surface area contributed by atoms with E-state index in [1.54, 1.807) is 0 Å². The van der Waals surface area contributed by atoms with E-state index in [0.717, 1.165) is 164 Å². The molecule has 0 aliphatic carbocycles. The van der Waals surface area contributed by atoms with E-state index in [4.69, 9.17) is 23.7 Å². The molecule has 2 fully saturated rings. The molecule has 0 bridgehead atoms. The maximum Gasteiger partial charge on any atom is 0.0594 e. The molecule has 10 nitrogen and oxygen atoms in total. The lowest BCUT2D eigenvalue weighted by atomic mass is 10.4. The third-order valence-corrected chi connectivity index (χ3v) is 7.75. The van der Waals surface area contributed by atoms with E-state index in [1.165, 1.54) is 0 Å². The summed E-state index contributed by atoms with van der Waals surface area (Å²) in [5.41, 5.74) is 0. The summed E-state index contributed by atoms with van der Waals surface area (Å²) in [6.07, 6.45) is 0. The first-order chi connectivity index (χ1) is 19.7. The molecule has 0 unspecified atom stereocenters. The van der Waals surface area contributed by atoms with Crippen LogP contribution in [0.5, 0.6) is 0 Å². The number of ether oxygens (including phenoxy) is 5. The topological polar surface area (TPSA) is 62.3 Å². The quantitative estimate of drug-likeness (QED) is 0.484. The van der Waals surface area contributed by atoms with Crippen molar-refractivity contribution in [3.8, 4) is 0 Å². The maximum atomic E-state index is 5.80. The van der Waals surface area contributed by atoms with Gasteiger partial charge in [-0.1, -0.05) is 34.6 Å². The van der Waals surface area contributed by atoms with Crippen LogP contribution in [0.1, 0.15) is 34.6 Å². The number of likely N-dealkylation sites (N-methyl/N-ethyl adjacent to an activating group) is 5. The highest BCUT2D eigenvalue weighted by atomic mass is 16.5. The predicted molar refractivity (Wildman–Crippen MR) is 165 cm³/mol. The van der Waals surface area contributed by atoms with Gasteiger partial charge < -0.3 is 23.7 Å². The van der Waals surface area contributed by atoms with Gasteiger partial charge in [0, 0.05) is 65.4 Å². The van der Waals surface area contributed by atoms with E-state index < -0.39 is 0 Å². The minimum atomic E-state index is 0.797. The molecule has 0 saturated carbocycles. The molecule has 2 heterocycles. The van der Waals surface area contributed by atoms with Crippen LogP contribution in [0.15, 0.2) is 0 Å². The number of hydrogen-bond donors (Lipinski definition) is 0. The Morgan fingerprint density at radius 3 is 0.500 bits per heavy atom. The molecule has 2 saturated heterocycles. The van der Waals surface area contributed by atoms with E-state index >= 15 is 0 Å². The summed E-state index contributed by atoms with van der Waals surface area (Å²) in [6.45, 7) is 34.4. The van der Waals surface area contributed by atoms with Gasteiger partial charge in [-0.25, -0.2) is 0 Å². The maximum absolute atomic E-state index is 5.80. The third-order valence-electron chi connectivity index (χ3n) is 7.75. The summed E-state index contributed by atoms with van der Waals surface area (Å²) in [6, 6.07) is 0. The number of rotatable bonds is 5. The Morgan fingerprint density at radius 2 is 0.400 bits per heavy atom. The van der Waals surface area contributed by atoms with Crippen LogP contribution in [-0.4, -0.2) is 189 Å². The summed E-state index contributed by atoms with van der Waals surface area (Å²) >= 11 is 0. The van der Waals surface area contributed by atoms with Crippen molar-refractivity contribution in [3.05, 3.63) is 0 Å². The van der Waals surface area contributed by atoms with Gasteiger partial charge in [-0.15, -0.1) is 0 Å². The Labute approximate surface area is 247 Å². The first-order valence-electron chi connectivity index (χ1n) is 16.2. The average molecular weight is 576 g/mol. The average Bonchev–Trinajstić information content (AvgIpc) is 2.97. The second-order valence-electron chi connectivity index (χ2n) is 10.2. The largest absolute Gasteiger partial charge is 0.379 e. The normalized spacial score (nSPS) is 23.6. The Bertz CT molecular complexity index is 446. The van der Waals surface area contributed by atoms with Crippen molar-refractivity contribution in [2.75, 3.05) is 164 Å². The van der Waals surface area contributed by atoms with Crippen molar-refractivity contribution >= 4 is 0 Å². The third kappa shape index (κ3) is 20.5. The van der Waals surface area contributed by atoms with Gasteiger partial charge in [0.15, 0.2) is 0 Å². The van der Waals surface area contributed by atoms with Crippen LogP contribution in [0.2, 0.25) is 0 Å². The van der Waals surface area contributed by atoms with Gasteiger partial charge in [0.25, 0.3) is 0 Å². The molecule has 2 aliphatic rings. The van der Waals surface area contributed by atoms with Crippen LogP contribution in [0.25, 0.3) is 0 Å². The molecule has 2 aliphatic heterocycles. The SMILES string of the molecule is CCN1CCOCCN(CC)CCOCC1.CCN1CCOCCN(CC)CCOCCN(CC)CCOCC1. The van der Waals surface area contributed by atoms with E-state index in [0.29, 0.717) is 0 Å². The van der Waals surface area contributed by atoms with E-state index in [2.05, 4.69) is 59.1 Å². The fourth-order valence-corrected chi connectivity index (χ4v) is 4.59. The van der Waals surface area contributed by atoms with Gasteiger partial charge >= 0.3 is 0 Å². The molecule has 10 heteroatoms. The fourth-order valence-electron chi connectivity index (χ4n) is 4.59. The lowest BCUT2D eigenvalue weighted by Gasteiger charge is -2.24. The zero-order chi connectivity index (χ0) is 29.1. The van der Waals surface area contributed by atoms with Gasteiger partial charge in [0.1, 0.15) is 0 Å². The van der Waals surface area contributed by atoms with Crippen LogP contribution in [0.3, 0.4) is 0 Å². The molecule has 40 heavy (non-hydrogen) atoms. The smallest absolute Gasteiger partial charge is 0.0594 e. The zero-order valence-electron chi connectivity index (χ0n) is 27.0. The van der Waals surface area contributed by atoms with Crippen LogP contribution >= 0.6 is 0 Å². The number of hydrogen-bond acceptors (Lipinski definition) is 10. The lowest BCUT2D eigenvalue weighted by Crippen LogP contribution is -2.35. The van der Waals surface area contributed by atoms with Crippen LogP contribution in [0.4, 0.5) is 0 Å². The molecule has 0 aromatic carbocycles. The minimum absolute atomic E-state index is 0.797. The standard InChI is InChI=1S/C18H39N3O3.C12H26N2O2/c1-4-19-7-13-22-15-9-20(5-2)11-17-24-18-12-21(6-3)10-16-23-14-8-19;1-3-13-5-9-15-11-7-14(4-2)8-12-16-10-6-13/h4-18H2,1-3H3;3-12H2,1-2H3. The van der Waals surface area contributed by atoms with Crippen molar-refractivity contribution in [1.29, 1.82) is 0 Å². The minimum Gasteiger partial charge on any atom is -0.379 e. The first-order valence-corrected chi connectivity index (χ1v) is 16.2. The molecular weight excluding hydrogens is 510 g/mol. The Kier molecular flexibility index (Phi) is 25.8. The van der Waals surface area contributed by atoms with Crippen molar-refractivity contribution in [2.45, 2.75) is 34.6 Å². The van der Waals surface area contributed by atoms with Gasteiger partial charge in [0.2, 0.25) is 0 Å². The summed E-state index contributed by atoms with van der Waals surface area (Å²) < 4.78 is 28.7. The summed E-state index contributed by atoms with van der Waals surface area (Å²) in [5.74, 6) is 0.